The zero-order chi connectivity index (χ0) is 17.5. The van der Waals surface area contributed by atoms with Crippen LogP contribution in [0.2, 0.25) is 0 Å². The summed E-state index contributed by atoms with van der Waals surface area (Å²) in [7, 11) is 1.54. The minimum atomic E-state index is -0.364. The highest BCUT2D eigenvalue weighted by atomic mass is 19.1. The van der Waals surface area contributed by atoms with Crippen LogP contribution in [0, 0.1) is 5.82 Å². The van der Waals surface area contributed by atoms with E-state index in [1.165, 1.54) is 29.2 Å². The summed E-state index contributed by atoms with van der Waals surface area (Å²) in [6.07, 6.45) is 0. The van der Waals surface area contributed by atoms with Gasteiger partial charge in [-0.1, -0.05) is 0 Å². The summed E-state index contributed by atoms with van der Waals surface area (Å²) in [4.78, 5) is 24.8. The zero-order valence-corrected chi connectivity index (χ0v) is 14.0. The van der Waals surface area contributed by atoms with Gasteiger partial charge < -0.3 is 20.3 Å². The number of carbonyl (C=O) groups excluding carboxylic acids is 2. The van der Waals surface area contributed by atoms with Crippen LogP contribution in [-0.4, -0.2) is 49.1 Å². The van der Waals surface area contributed by atoms with Crippen LogP contribution in [0.3, 0.4) is 0 Å². The summed E-state index contributed by atoms with van der Waals surface area (Å²) in [6, 6.07) is 5.27. The SMILES string of the molecule is CN(CC(=O)NC(C)(C)C)C(=O)NCCOc1ccc(F)cc1. The van der Waals surface area contributed by atoms with Gasteiger partial charge in [0.2, 0.25) is 5.91 Å². The minimum Gasteiger partial charge on any atom is -0.492 e. The van der Waals surface area contributed by atoms with E-state index >= 15 is 0 Å². The number of hydrogen-bond donors (Lipinski definition) is 2. The molecule has 2 N–H and O–H groups in total. The van der Waals surface area contributed by atoms with Gasteiger partial charge >= 0.3 is 6.03 Å². The number of likely N-dealkylation sites (N-methyl/N-ethyl adjacent to an activating group) is 1. The van der Waals surface area contributed by atoms with Crippen LogP contribution in [-0.2, 0) is 4.79 Å². The predicted octanol–water partition coefficient (Wildman–Crippen LogP) is 1.76. The lowest BCUT2D eigenvalue weighted by molar-refractivity contribution is -0.122. The second-order valence-electron chi connectivity index (χ2n) is 6.19. The number of hydrogen-bond acceptors (Lipinski definition) is 3. The Bertz CT molecular complexity index is 526. The molecular weight excluding hydrogens is 301 g/mol. The molecule has 0 heterocycles. The Kier molecular flexibility index (Phi) is 6.81. The fourth-order valence-electron chi connectivity index (χ4n) is 1.74. The summed E-state index contributed by atoms with van der Waals surface area (Å²) in [5, 5.41) is 5.42. The van der Waals surface area contributed by atoms with Crippen molar-refractivity contribution in [2.45, 2.75) is 26.3 Å². The van der Waals surface area contributed by atoms with Crippen molar-refractivity contribution in [3.63, 3.8) is 0 Å². The van der Waals surface area contributed by atoms with Gasteiger partial charge in [0.1, 0.15) is 24.7 Å². The molecule has 0 fully saturated rings. The molecule has 0 spiro atoms. The highest BCUT2D eigenvalue weighted by molar-refractivity contribution is 5.84. The summed E-state index contributed by atoms with van der Waals surface area (Å²) >= 11 is 0. The molecule has 6 nitrogen and oxygen atoms in total. The Morgan fingerprint density at radius 1 is 1.22 bits per heavy atom. The van der Waals surface area contributed by atoms with Gasteiger partial charge in [-0.2, -0.15) is 0 Å². The topological polar surface area (TPSA) is 70.7 Å². The van der Waals surface area contributed by atoms with E-state index in [4.69, 9.17) is 4.74 Å². The third kappa shape index (κ3) is 8.04. The molecule has 0 saturated heterocycles. The lowest BCUT2D eigenvalue weighted by atomic mass is 10.1. The number of urea groups is 1. The van der Waals surface area contributed by atoms with Gasteiger partial charge in [0.05, 0.1) is 6.54 Å². The van der Waals surface area contributed by atoms with Crippen molar-refractivity contribution in [2.24, 2.45) is 0 Å². The van der Waals surface area contributed by atoms with Crippen LogP contribution < -0.4 is 15.4 Å². The quantitative estimate of drug-likeness (QED) is 0.783. The molecule has 3 amide bonds. The third-order valence-electron chi connectivity index (χ3n) is 2.70. The van der Waals surface area contributed by atoms with Crippen molar-refractivity contribution < 1.29 is 18.7 Å². The van der Waals surface area contributed by atoms with Crippen LogP contribution in [0.15, 0.2) is 24.3 Å². The Morgan fingerprint density at radius 3 is 2.39 bits per heavy atom. The Labute approximate surface area is 136 Å². The van der Waals surface area contributed by atoms with Crippen molar-refractivity contribution in [1.29, 1.82) is 0 Å². The lowest BCUT2D eigenvalue weighted by Gasteiger charge is -2.23. The summed E-state index contributed by atoms with van der Waals surface area (Å²) < 4.78 is 18.1. The molecule has 23 heavy (non-hydrogen) atoms. The molecule has 0 bridgehead atoms. The number of carbonyl (C=O) groups is 2. The van der Waals surface area contributed by atoms with Crippen LogP contribution in [0.5, 0.6) is 5.75 Å². The number of benzene rings is 1. The monoisotopic (exact) mass is 325 g/mol. The van der Waals surface area contributed by atoms with Gasteiger partial charge in [-0.05, 0) is 45.0 Å². The highest BCUT2D eigenvalue weighted by Gasteiger charge is 2.17. The van der Waals surface area contributed by atoms with Crippen molar-refractivity contribution in [3.05, 3.63) is 30.1 Å². The second-order valence-corrected chi connectivity index (χ2v) is 6.19. The van der Waals surface area contributed by atoms with Crippen LogP contribution in [0.25, 0.3) is 0 Å². The highest BCUT2D eigenvalue weighted by Crippen LogP contribution is 2.10. The standard InChI is InChI=1S/C16H24FN3O3/c1-16(2,3)19-14(21)11-20(4)15(22)18-9-10-23-13-7-5-12(17)6-8-13/h5-8H,9-11H2,1-4H3,(H,18,22)(H,19,21). The van der Waals surface area contributed by atoms with Crippen LogP contribution in [0.4, 0.5) is 9.18 Å². The fourth-order valence-corrected chi connectivity index (χ4v) is 1.74. The van der Waals surface area contributed by atoms with E-state index in [0.717, 1.165) is 0 Å². The van der Waals surface area contributed by atoms with Crippen molar-refractivity contribution in [1.82, 2.24) is 15.5 Å². The first kappa shape index (κ1) is 18.7. The molecule has 0 aromatic heterocycles. The van der Waals surface area contributed by atoms with Crippen LogP contribution >= 0.6 is 0 Å². The van der Waals surface area contributed by atoms with Gasteiger partial charge in [-0.15, -0.1) is 0 Å². The molecular formula is C16H24FN3O3. The molecule has 128 valence electrons. The second kappa shape index (κ2) is 8.36. The van der Waals surface area contributed by atoms with Gasteiger partial charge in [0.25, 0.3) is 0 Å². The van der Waals surface area contributed by atoms with E-state index in [1.54, 1.807) is 7.05 Å². The number of halogens is 1. The molecule has 0 aliphatic heterocycles. The third-order valence-corrected chi connectivity index (χ3v) is 2.70. The maximum absolute atomic E-state index is 12.7. The maximum Gasteiger partial charge on any atom is 0.317 e. The van der Waals surface area contributed by atoms with Crippen LogP contribution in [0.1, 0.15) is 20.8 Å². The van der Waals surface area contributed by atoms with E-state index in [9.17, 15) is 14.0 Å². The molecule has 1 rings (SSSR count). The number of amides is 3. The van der Waals surface area contributed by atoms with Gasteiger partial charge in [0, 0.05) is 12.6 Å². The molecule has 7 heteroatoms. The molecule has 1 aromatic rings. The first-order valence-electron chi connectivity index (χ1n) is 7.36. The van der Waals surface area contributed by atoms with Crippen molar-refractivity contribution >= 4 is 11.9 Å². The van der Waals surface area contributed by atoms with Gasteiger partial charge in [-0.3, -0.25) is 4.79 Å². The number of rotatable bonds is 6. The predicted molar refractivity (Wildman–Crippen MR) is 85.8 cm³/mol. The minimum absolute atomic E-state index is 0.0259. The summed E-state index contributed by atoms with van der Waals surface area (Å²) in [5.41, 5.74) is -0.336. The Balaban J connectivity index is 2.25. The molecule has 0 aliphatic carbocycles. The zero-order valence-electron chi connectivity index (χ0n) is 14.0. The average Bonchev–Trinajstić information content (AvgIpc) is 2.43. The Hall–Kier alpha value is -2.31. The largest absolute Gasteiger partial charge is 0.492 e. The van der Waals surface area contributed by atoms with E-state index in [2.05, 4.69) is 10.6 Å². The van der Waals surface area contributed by atoms with Crippen molar-refractivity contribution in [2.75, 3.05) is 26.7 Å². The first-order valence-corrected chi connectivity index (χ1v) is 7.36. The van der Waals surface area contributed by atoms with E-state index in [1.807, 2.05) is 20.8 Å². The maximum atomic E-state index is 12.7. The molecule has 0 unspecified atom stereocenters. The fraction of sp³-hybridized carbons (Fsp3) is 0.500. The normalized spacial score (nSPS) is 10.8. The number of ether oxygens (including phenoxy) is 1. The van der Waals surface area contributed by atoms with E-state index < -0.39 is 0 Å². The molecule has 0 saturated carbocycles. The number of nitrogens with one attached hydrogen (secondary N) is 2. The van der Waals surface area contributed by atoms with Gasteiger partial charge in [-0.25, -0.2) is 9.18 Å². The van der Waals surface area contributed by atoms with Gasteiger partial charge in [0.15, 0.2) is 0 Å². The molecule has 0 atom stereocenters. The summed E-state index contributed by atoms with van der Waals surface area (Å²) in [5.74, 6) is -0.0305. The number of nitrogens with zero attached hydrogens (tertiary/aromatic N) is 1. The lowest BCUT2D eigenvalue weighted by Crippen LogP contribution is -2.48. The Morgan fingerprint density at radius 2 is 1.83 bits per heavy atom. The van der Waals surface area contributed by atoms with E-state index in [-0.39, 0.29) is 43.0 Å². The van der Waals surface area contributed by atoms with Crippen molar-refractivity contribution in [3.8, 4) is 5.75 Å². The molecule has 0 radical (unpaired) electrons. The molecule has 0 aliphatic rings. The smallest absolute Gasteiger partial charge is 0.317 e. The summed E-state index contributed by atoms with van der Waals surface area (Å²) in [6.45, 7) is 6.12. The average molecular weight is 325 g/mol. The first-order chi connectivity index (χ1) is 10.7. The molecule has 1 aromatic carbocycles. The van der Waals surface area contributed by atoms with E-state index in [0.29, 0.717) is 5.75 Å².